The van der Waals surface area contributed by atoms with Crippen LogP contribution in [0.15, 0.2) is 47.4 Å². The van der Waals surface area contributed by atoms with Crippen LogP contribution >= 0.6 is 0 Å². The Morgan fingerprint density at radius 1 is 1.04 bits per heavy atom. The second kappa shape index (κ2) is 7.41. The highest BCUT2D eigenvalue weighted by Crippen LogP contribution is 2.21. The van der Waals surface area contributed by atoms with Crippen molar-refractivity contribution in [2.24, 2.45) is 0 Å². The number of hydrogen-bond donors (Lipinski definition) is 2. The number of hydrogen-bond acceptors (Lipinski definition) is 3. The lowest BCUT2D eigenvalue weighted by Crippen LogP contribution is -2.32. The molecule has 1 amide bonds. The molecule has 0 saturated heterocycles. The maximum absolute atomic E-state index is 13.7. The highest BCUT2D eigenvalue weighted by Gasteiger charge is 2.21. The molecule has 26 heavy (non-hydrogen) atoms. The van der Waals surface area contributed by atoms with Crippen molar-refractivity contribution in [1.82, 2.24) is 5.32 Å². The fourth-order valence-electron chi connectivity index (χ4n) is 2.92. The second-order valence-electron chi connectivity index (χ2n) is 6.21. The van der Waals surface area contributed by atoms with Gasteiger partial charge in [0.05, 0.1) is 10.6 Å². The average molecular weight is 380 g/mol. The maximum Gasteiger partial charge on any atom is 0.262 e. The Kier molecular flexibility index (Phi) is 5.22. The molecular weight excluding hydrogens is 362 g/mol. The number of carbonyl (C=O) groups is 1. The van der Waals surface area contributed by atoms with Crippen molar-refractivity contribution in [3.8, 4) is 0 Å². The minimum Gasteiger partial charge on any atom is -0.349 e. The Labute approximate surface area is 150 Å². The van der Waals surface area contributed by atoms with E-state index >= 15 is 0 Å². The van der Waals surface area contributed by atoms with Gasteiger partial charge in [0.1, 0.15) is 11.6 Å². The number of anilines is 1. The second-order valence-corrected chi connectivity index (χ2v) is 7.89. The summed E-state index contributed by atoms with van der Waals surface area (Å²) in [5.74, 6) is -2.18. The van der Waals surface area contributed by atoms with E-state index in [9.17, 15) is 22.0 Å². The van der Waals surface area contributed by atoms with Gasteiger partial charge in [-0.05, 0) is 43.2 Å². The molecule has 2 aromatic carbocycles. The van der Waals surface area contributed by atoms with Crippen LogP contribution in [0.3, 0.4) is 0 Å². The van der Waals surface area contributed by atoms with E-state index in [2.05, 4.69) is 10.0 Å². The SMILES string of the molecule is O=C(NC1CCCC1)c1cccc(S(=O)(=O)Nc2ccc(F)cc2F)c1. The van der Waals surface area contributed by atoms with Gasteiger partial charge in [-0.15, -0.1) is 0 Å². The van der Waals surface area contributed by atoms with Gasteiger partial charge < -0.3 is 5.32 Å². The van der Waals surface area contributed by atoms with Gasteiger partial charge in [-0.25, -0.2) is 17.2 Å². The van der Waals surface area contributed by atoms with Crippen molar-refractivity contribution in [1.29, 1.82) is 0 Å². The quantitative estimate of drug-likeness (QED) is 0.834. The van der Waals surface area contributed by atoms with Crippen LogP contribution in [0.1, 0.15) is 36.0 Å². The van der Waals surface area contributed by atoms with Gasteiger partial charge in [-0.3, -0.25) is 9.52 Å². The summed E-state index contributed by atoms with van der Waals surface area (Å²) in [5.41, 5.74) is -0.161. The normalized spacial score (nSPS) is 15.0. The molecule has 0 unspecified atom stereocenters. The first-order valence-corrected chi connectivity index (χ1v) is 9.72. The molecule has 0 heterocycles. The van der Waals surface area contributed by atoms with E-state index in [0.29, 0.717) is 6.07 Å². The van der Waals surface area contributed by atoms with E-state index in [-0.39, 0.29) is 28.1 Å². The average Bonchev–Trinajstić information content (AvgIpc) is 3.10. The molecule has 1 fully saturated rings. The van der Waals surface area contributed by atoms with Crippen molar-refractivity contribution < 1.29 is 22.0 Å². The van der Waals surface area contributed by atoms with Gasteiger partial charge in [0, 0.05) is 17.7 Å². The molecule has 8 heteroatoms. The number of rotatable bonds is 5. The Bertz CT molecular complexity index is 926. The minimum atomic E-state index is -4.12. The number of amides is 1. The van der Waals surface area contributed by atoms with Gasteiger partial charge in [0.25, 0.3) is 15.9 Å². The van der Waals surface area contributed by atoms with Crippen molar-refractivity contribution in [3.63, 3.8) is 0 Å². The summed E-state index contributed by atoms with van der Waals surface area (Å²) in [6.45, 7) is 0. The summed E-state index contributed by atoms with van der Waals surface area (Å²) < 4.78 is 53.6. The van der Waals surface area contributed by atoms with Crippen LogP contribution in [0.2, 0.25) is 0 Å². The Balaban J connectivity index is 1.80. The summed E-state index contributed by atoms with van der Waals surface area (Å²) in [5, 5.41) is 2.88. The standard InChI is InChI=1S/C18H18F2N2O3S/c19-13-8-9-17(16(20)11-13)22-26(24,25)15-7-3-4-12(10-15)18(23)21-14-5-1-2-6-14/h3-4,7-11,14,22H,1-2,5-6H2,(H,21,23). The number of sulfonamides is 1. The molecule has 2 N–H and O–H groups in total. The third kappa shape index (κ3) is 4.19. The monoisotopic (exact) mass is 380 g/mol. The molecule has 0 bridgehead atoms. The topological polar surface area (TPSA) is 75.3 Å². The van der Waals surface area contributed by atoms with Gasteiger partial charge in [0.15, 0.2) is 0 Å². The van der Waals surface area contributed by atoms with Gasteiger partial charge in [-0.1, -0.05) is 18.9 Å². The molecule has 0 radical (unpaired) electrons. The molecule has 0 spiro atoms. The molecule has 0 aromatic heterocycles. The van der Waals surface area contributed by atoms with Crippen molar-refractivity contribution in [2.75, 3.05) is 4.72 Å². The van der Waals surface area contributed by atoms with E-state index in [1.165, 1.54) is 24.3 Å². The van der Waals surface area contributed by atoms with Crippen molar-refractivity contribution >= 4 is 21.6 Å². The van der Waals surface area contributed by atoms with Gasteiger partial charge in [0.2, 0.25) is 0 Å². The predicted molar refractivity (Wildman–Crippen MR) is 93.3 cm³/mol. The van der Waals surface area contributed by atoms with Crippen LogP contribution in [0.4, 0.5) is 14.5 Å². The van der Waals surface area contributed by atoms with E-state index in [0.717, 1.165) is 37.8 Å². The number of nitrogens with one attached hydrogen (secondary N) is 2. The van der Waals surface area contributed by atoms with Crippen molar-refractivity contribution in [3.05, 3.63) is 59.7 Å². The number of carbonyl (C=O) groups excluding carboxylic acids is 1. The number of benzene rings is 2. The first kappa shape index (κ1) is 18.3. The Morgan fingerprint density at radius 2 is 1.77 bits per heavy atom. The lowest BCUT2D eigenvalue weighted by Gasteiger charge is -2.13. The van der Waals surface area contributed by atoms with Gasteiger partial charge >= 0.3 is 0 Å². The largest absolute Gasteiger partial charge is 0.349 e. The zero-order valence-electron chi connectivity index (χ0n) is 13.8. The lowest BCUT2D eigenvalue weighted by molar-refractivity contribution is 0.0937. The van der Waals surface area contributed by atoms with Gasteiger partial charge in [-0.2, -0.15) is 0 Å². The maximum atomic E-state index is 13.7. The molecule has 1 aliphatic rings. The third-order valence-corrected chi connectivity index (χ3v) is 5.64. The summed E-state index contributed by atoms with van der Waals surface area (Å²) in [6.07, 6.45) is 3.95. The first-order chi connectivity index (χ1) is 12.3. The fourth-order valence-corrected chi connectivity index (χ4v) is 4.03. The summed E-state index contributed by atoms with van der Waals surface area (Å²) >= 11 is 0. The van der Waals surface area contributed by atoms with Crippen LogP contribution in [0.5, 0.6) is 0 Å². The first-order valence-electron chi connectivity index (χ1n) is 8.24. The molecule has 1 saturated carbocycles. The predicted octanol–water partition coefficient (Wildman–Crippen LogP) is 3.44. The van der Waals surface area contributed by atoms with Crippen LogP contribution in [0.25, 0.3) is 0 Å². The molecule has 1 aliphatic carbocycles. The Morgan fingerprint density at radius 3 is 2.46 bits per heavy atom. The highest BCUT2D eigenvalue weighted by atomic mass is 32.2. The van der Waals surface area contributed by atoms with E-state index < -0.39 is 21.7 Å². The molecule has 3 rings (SSSR count). The van der Waals surface area contributed by atoms with Crippen molar-refractivity contribution in [2.45, 2.75) is 36.6 Å². The molecule has 5 nitrogen and oxygen atoms in total. The zero-order chi connectivity index (χ0) is 18.7. The molecular formula is C18H18F2N2O3S. The highest BCUT2D eigenvalue weighted by molar-refractivity contribution is 7.92. The Hall–Kier alpha value is -2.48. The minimum absolute atomic E-state index is 0.106. The smallest absolute Gasteiger partial charge is 0.262 e. The summed E-state index contributed by atoms with van der Waals surface area (Å²) in [7, 11) is -4.12. The van der Waals surface area contributed by atoms with E-state index in [4.69, 9.17) is 0 Å². The molecule has 138 valence electrons. The zero-order valence-corrected chi connectivity index (χ0v) is 14.7. The number of halogens is 2. The fraction of sp³-hybridized carbons (Fsp3) is 0.278. The van der Waals surface area contributed by atoms with Crippen LogP contribution in [-0.4, -0.2) is 20.4 Å². The third-order valence-electron chi connectivity index (χ3n) is 4.27. The van der Waals surface area contributed by atoms with Crippen LogP contribution < -0.4 is 10.0 Å². The summed E-state index contributed by atoms with van der Waals surface area (Å²) in [6, 6.07) is 8.13. The lowest BCUT2D eigenvalue weighted by atomic mass is 10.2. The van der Waals surface area contributed by atoms with Crippen LogP contribution in [0, 0.1) is 11.6 Å². The van der Waals surface area contributed by atoms with E-state index in [1.54, 1.807) is 0 Å². The molecule has 0 aliphatic heterocycles. The summed E-state index contributed by atoms with van der Waals surface area (Å²) in [4.78, 5) is 12.1. The molecule has 0 atom stereocenters. The van der Waals surface area contributed by atoms with E-state index in [1.807, 2.05) is 0 Å². The van der Waals surface area contributed by atoms with Crippen LogP contribution in [-0.2, 0) is 10.0 Å². The molecule has 2 aromatic rings.